The summed E-state index contributed by atoms with van der Waals surface area (Å²) in [4.78, 5) is 0. The molecule has 2 aromatic carbocycles. The van der Waals surface area contributed by atoms with E-state index in [4.69, 9.17) is 4.74 Å². The van der Waals surface area contributed by atoms with Crippen LogP contribution in [-0.2, 0) is 17.8 Å². The lowest BCUT2D eigenvalue weighted by Crippen LogP contribution is -2.24. The Morgan fingerprint density at radius 1 is 0.853 bits per heavy atom. The largest absolute Gasteiger partial charge is 0.573 e. The van der Waals surface area contributed by atoms with Crippen LogP contribution in [0.25, 0.3) is 0 Å². The minimum absolute atomic E-state index is 0.149. The van der Waals surface area contributed by atoms with Crippen molar-refractivity contribution in [2.24, 2.45) is 5.92 Å². The number of hydrogen-bond donors (Lipinski definition) is 0. The third kappa shape index (κ3) is 8.75. The van der Waals surface area contributed by atoms with E-state index in [9.17, 15) is 22.0 Å². The fourth-order valence-electron chi connectivity index (χ4n) is 4.46. The molecular weight excluding hydrogens is 451 g/mol. The third-order valence-corrected chi connectivity index (χ3v) is 6.29. The van der Waals surface area contributed by atoms with E-state index in [0.717, 1.165) is 37.3 Å². The van der Waals surface area contributed by atoms with E-state index >= 15 is 0 Å². The normalized spacial score (nSPS) is 19.5. The van der Waals surface area contributed by atoms with Crippen molar-refractivity contribution in [1.82, 2.24) is 0 Å². The molecule has 0 N–H and O–H groups in total. The number of allylic oxidation sites excluding steroid dienone is 2. The summed E-state index contributed by atoms with van der Waals surface area (Å²) in [5, 5.41) is 0. The average Bonchev–Trinajstić information content (AvgIpc) is 2.79. The number of ether oxygens (including phenoxy) is 2. The van der Waals surface area contributed by atoms with Crippen LogP contribution in [0.1, 0.15) is 68.1 Å². The fourth-order valence-corrected chi connectivity index (χ4v) is 4.46. The second-order valence-electron chi connectivity index (χ2n) is 8.90. The zero-order valence-electron chi connectivity index (χ0n) is 19.3. The Balaban J connectivity index is 1.45. The van der Waals surface area contributed by atoms with E-state index in [-0.39, 0.29) is 12.2 Å². The highest BCUT2D eigenvalue weighted by molar-refractivity contribution is 5.28. The Bertz CT molecular complexity index is 896. The van der Waals surface area contributed by atoms with Crippen LogP contribution in [0.15, 0.2) is 60.7 Å². The molecule has 0 unspecified atom stereocenters. The summed E-state index contributed by atoms with van der Waals surface area (Å²) in [5.74, 6) is 0.845. The molecule has 0 aromatic heterocycles. The minimum atomic E-state index is -4.82. The molecule has 0 aliphatic heterocycles. The maximum absolute atomic E-state index is 14.2. The lowest BCUT2D eigenvalue weighted by atomic mass is 9.77. The van der Waals surface area contributed by atoms with E-state index in [1.54, 1.807) is 0 Å². The molecule has 1 fully saturated rings. The van der Waals surface area contributed by atoms with Crippen molar-refractivity contribution in [1.29, 1.82) is 0 Å². The summed E-state index contributed by atoms with van der Waals surface area (Å²) < 4.78 is 73.7. The molecule has 0 saturated heterocycles. The van der Waals surface area contributed by atoms with Gasteiger partial charge >= 0.3 is 12.5 Å². The predicted octanol–water partition coefficient (Wildman–Crippen LogP) is 8.57. The molecule has 2 aromatic rings. The van der Waals surface area contributed by atoms with Crippen LogP contribution >= 0.6 is 0 Å². The molecule has 0 heterocycles. The molecule has 1 aliphatic rings. The van der Waals surface area contributed by atoms with Gasteiger partial charge in [0.2, 0.25) is 0 Å². The van der Waals surface area contributed by atoms with Gasteiger partial charge in [0.1, 0.15) is 5.75 Å². The number of benzene rings is 2. The molecule has 34 heavy (non-hydrogen) atoms. The van der Waals surface area contributed by atoms with Crippen molar-refractivity contribution < 1.29 is 31.4 Å². The molecule has 1 aliphatic carbocycles. The fraction of sp³-hybridized carbons (Fsp3) is 0.481. The maximum atomic E-state index is 14.2. The van der Waals surface area contributed by atoms with Gasteiger partial charge in [-0.15, -0.1) is 13.2 Å². The molecule has 0 radical (unpaired) electrons. The van der Waals surface area contributed by atoms with Crippen molar-refractivity contribution in [3.63, 3.8) is 0 Å². The zero-order chi connectivity index (χ0) is 24.6. The molecule has 0 bridgehead atoms. The smallest absolute Gasteiger partial charge is 0.406 e. The highest BCUT2D eigenvalue weighted by atomic mass is 19.4. The lowest BCUT2D eigenvalue weighted by molar-refractivity contribution is -0.274. The average molecular weight is 483 g/mol. The van der Waals surface area contributed by atoms with E-state index in [1.165, 1.54) is 37.0 Å². The summed E-state index contributed by atoms with van der Waals surface area (Å²) in [5.41, 5.74) is 2.04. The number of rotatable bonds is 10. The summed E-state index contributed by atoms with van der Waals surface area (Å²) >= 11 is 0. The monoisotopic (exact) mass is 482 g/mol. The van der Waals surface area contributed by atoms with Crippen LogP contribution < -0.4 is 4.74 Å². The van der Waals surface area contributed by atoms with Crippen LogP contribution in [-0.4, -0.2) is 12.5 Å². The van der Waals surface area contributed by atoms with Crippen LogP contribution in [0.2, 0.25) is 0 Å². The van der Waals surface area contributed by atoms with Gasteiger partial charge in [0, 0.05) is 0 Å². The Hall–Kier alpha value is -2.41. The first-order valence-corrected chi connectivity index (χ1v) is 11.7. The first-order valence-electron chi connectivity index (χ1n) is 11.7. The second kappa shape index (κ2) is 11.8. The van der Waals surface area contributed by atoms with Gasteiger partial charge in [0.05, 0.1) is 13.0 Å². The quantitative estimate of drug-likeness (QED) is 0.249. The Labute approximate surface area is 197 Å². The first kappa shape index (κ1) is 26.2. The van der Waals surface area contributed by atoms with Gasteiger partial charge in [-0.05, 0) is 86.1 Å². The topological polar surface area (TPSA) is 18.5 Å². The number of alkyl halides is 5. The standard InChI is InChI=1S/C27H31F5O2/c1-2-3-4-5-20-6-12-23(13-7-20)24-14-8-22(9-15-24)19-33-26(28,29)18-21-10-16-25(17-11-21)34-27(30,31)32/h2-3,8-11,14-17,20,23H,4-7,12-13,18-19H2,1H3. The SMILES string of the molecule is CC=CCCC1CCC(c2ccc(COC(F)(F)Cc3ccc(OC(F)(F)F)cc3)cc2)CC1. The molecule has 1 saturated carbocycles. The molecule has 3 rings (SSSR count). The highest BCUT2D eigenvalue weighted by Crippen LogP contribution is 2.37. The second-order valence-corrected chi connectivity index (χ2v) is 8.90. The number of halogens is 5. The van der Waals surface area contributed by atoms with Gasteiger partial charge in [-0.3, -0.25) is 0 Å². The third-order valence-electron chi connectivity index (χ3n) is 6.29. The lowest BCUT2D eigenvalue weighted by Gasteiger charge is -2.28. The van der Waals surface area contributed by atoms with Crippen molar-refractivity contribution in [2.75, 3.05) is 0 Å². The van der Waals surface area contributed by atoms with Gasteiger partial charge in [0.25, 0.3) is 0 Å². The predicted molar refractivity (Wildman–Crippen MR) is 122 cm³/mol. The van der Waals surface area contributed by atoms with E-state index < -0.39 is 24.6 Å². The molecule has 7 heteroatoms. The van der Waals surface area contributed by atoms with E-state index in [1.807, 2.05) is 31.2 Å². The van der Waals surface area contributed by atoms with Crippen molar-refractivity contribution in [2.45, 2.75) is 76.9 Å². The molecule has 0 spiro atoms. The van der Waals surface area contributed by atoms with Crippen LogP contribution in [0.3, 0.4) is 0 Å². The summed E-state index contributed by atoms with van der Waals surface area (Å²) in [7, 11) is 0. The zero-order valence-corrected chi connectivity index (χ0v) is 19.3. The highest BCUT2D eigenvalue weighted by Gasteiger charge is 2.32. The number of hydrogen-bond acceptors (Lipinski definition) is 2. The van der Waals surface area contributed by atoms with Gasteiger partial charge in [0.15, 0.2) is 0 Å². The summed E-state index contributed by atoms with van der Waals surface area (Å²) in [6.07, 6.45) is 2.45. The Morgan fingerprint density at radius 3 is 2.06 bits per heavy atom. The Kier molecular flexibility index (Phi) is 9.11. The molecular formula is C27H31F5O2. The molecule has 0 amide bonds. The van der Waals surface area contributed by atoms with Crippen molar-refractivity contribution in [3.8, 4) is 5.75 Å². The van der Waals surface area contributed by atoms with Gasteiger partial charge in [-0.2, -0.15) is 8.78 Å². The van der Waals surface area contributed by atoms with Crippen LogP contribution in [0.5, 0.6) is 5.75 Å². The maximum Gasteiger partial charge on any atom is 0.573 e. The molecule has 186 valence electrons. The van der Waals surface area contributed by atoms with Crippen LogP contribution in [0.4, 0.5) is 22.0 Å². The molecule has 0 atom stereocenters. The van der Waals surface area contributed by atoms with E-state index in [2.05, 4.69) is 16.9 Å². The van der Waals surface area contributed by atoms with Gasteiger partial charge in [-0.25, -0.2) is 0 Å². The summed E-state index contributed by atoms with van der Waals surface area (Å²) in [6, 6.07) is 12.0. The first-order chi connectivity index (χ1) is 16.1. The van der Waals surface area contributed by atoms with Gasteiger partial charge in [-0.1, -0.05) is 48.6 Å². The van der Waals surface area contributed by atoms with Crippen LogP contribution in [0, 0.1) is 5.92 Å². The Morgan fingerprint density at radius 2 is 1.47 bits per heavy atom. The minimum Gasteiger partial charge on any atom is -0.406 e. The van der Waals surface area contributed by atoms with Gasteiger partial charge < -0.3 is 9.47 Å². The van der Waals surface area contributed by atoms with Crippen molar-refractivity contribution in [3.05, 3.63) is 77.4 Å². The molecule has 2 nitrogen and oxygen atoms in total. The summed E-state index contributed by atoms with van der Waals surface area (Å²) in [6.45, 7) is 1.80. The van der Waals surface area contributed by atoms with E-state index in [0.29, 0.717) is 11.5 Å². The van der Waals surface area contributed by atoms with Crippen molar-refractivity contribution >= 4 is 0 Å².